The van der Waals surface area contributed by atoms with E-state index in [0.29, 0.717) is 0 Å². The Balaban J connectivity index is 1.65. The van der Waals surface area contributed by atoms with Crippen molar-refractivity contribution in [2.45, 2.75) is 70.1 Å². The predicted molar refractivity (Wildman–Crippen MR) is 81.5 cm³/mol. The van der Waals surface area contributed by atoms with Gasteiger partial charge in [0.2, 0.25) is 0 Å². The first-order valence-corrected chi connectivity index (χ1v) is 8.23. The van der Waals surface area contributed by atoms with Crippen molar-refractivity contribution >= 4 is 0 Å². The molecule has 0 aromatic carbocycles. The van der Waals surface area contributed by atoms with E-state index in [0.717, 1.165) is 24.7 Å². The number of aryl methyl sites for hydroxylation is 1. The van der Waals surface area contributed by atoms with E-state index in [1.807, 2.05) is 6.20 Å². The lowest BCUT2D eigenvalue weighted by Crippen LogP contribution is -2.56. The highest BCUT2D eigenvalue weighted by molar-refractivity contribution is 4.99. The molecular weight excluding hydrogens is 248 g/mol. The minimum absolute atomic E-state index is 0.739. The predicted octanol–water partition coefficient (Wildman–Crippen LogP) is 2.31. The quantitative estimate of drug-likeness (QED) is 0.896. The molecule has 2 fully saturated rings. The number of piperidine rings is 2. The summed E-state index contributed by atoms with van der Waals surface area (Å²) >= 11 is 0. The largest absolute Gasteiger partial charge is 0.337 e. The lowest BCUT2D eigenvalue weighted by Gasteiger charge is -2.49. The Morgan fingerprint density at radius 1 is 1.30 bits per heavy atom. The van der Waals surface area contributed by atoms with E-state index in [-0.39, 0.29) is 0 Å². The zero-order chi connectivity index (χ0) is 13.9. The number of nitrogens with zero attached hydrogens (tertiary/aromatic N) is 3. The summed E-state index contributed by atoms with van der Waals surface area (Å²) in [4.78, 5) is 7.24. The third-order valence-electron chi connectivity index (χ3n) is 5.05. The van der Waals surface area contributed by atoms with E-state index in [4.69, 9.17) is 0 Å². The molecule has 2 unspecified atom stereocenters. The first-order valence-electron chi connectivity index (χ1n) is 8.23. The van der Waals surface area contributed by atoms with Gasteiger partial charge in [-0.15, -0.1) is 0 Å². The third kappa shape index (κ3) is 2.91. The monoisotopic (exact) mass is 276 g/mol. The Morgan fingerprint density at radius 2 is 2.05 bits per heavy atom. The molecular formula is C16H28N4. The molecule has 0 radical (unpaired) electrons. The summed E-state index contributed by atoms with van der Waals surface area (Å²) in [5.74, 6) is 1.21. The zero-order valence-corrected chi connectivity index (χ0v) is 12.9. The molecule has 2 aliphatic heterocycles. The molecule has 0 aliphatic carbocycles. The molecule has 1 aromatic rings. The number of imidazole rings is 1. The lowest BCUT2D eigenvalue weighted by molar-refractivity contribution is 0.0152. The number of hydrogen-bond acceptors (Lipinski definition) is 3. The summed E-state index contributed by atoms with van der Waals surface area (Å²) in [6.07, 6.45) is 12.0. The maximum absolute atomic E-state index is 4.51. The van der Waals surface area contributed by atoms with Crippen LogP contribution in [0.1, 0.15) is 51.3 Å². The van der Waals surface area contributed by atoms with Gasteiger partial charge >= 0.3 is 0 Å². The van der Waals surface area contributed by atoms with Crippen molar-refractivity contribution in [3.63, 3.8) is 0 Å². The maximum Gasteiger partial charge on any atom is 0.122 e. The molecule has 1 N–H and O–H groups in total. The van der Waals surface area contributed by atoms with Crippen LogP contribution >= 0.6 is 0 Å². The Morgan fingerprint density at radius 3 is 2.65 bits per heavy atom. The molecule has 112 valence electrons. The van der Waals surface area contributed by atoms with Crippen molar-refractivity contribution < 1.29 is 0 Å². The van der Waals surface area contributed by atoms with Gasteiger partial charge in [-0.25, -0.2) is 4.98 Å². The summed E-state index contributed by atoms with van der Waals surface area (Å²) in [6, 6.07) is 2.25. The van der Waals surface area contributed by atoms with Crippen molar-refractivity contribution in [1.82, 2.24) is 19.8 Å². The van der Waals surface area contributed by atoms with E-state index in [9.17, 15) is 0 Å². The summed E-state index contributed by atoms with van der Waals surface area (Å²) in [5, 5.41) is 3.74. The summed E-state index contributed by atoms with van der Waals surface area (Å²) in [6.45, 7) is 4.45. The highest BCUT2D eigenvalue weighted by Crippen LogP contribution is 2.35. The number of fused-ring (bicyclic) bond motifs is 2. The molecule has 2 saturated heterocycles. The molecule has 4 nitrogen and oxygen atoms in total. The van der Waals surface area contributed by atoms with Gasteiger partial charge in [0.1, 0.15) is 5.82 Å². The van der Waals surface area contributed by atoms with Gasteiger partial charge in [0.15, 0.2) is 0 Å². The first-order chi connectivity index (χ1) is 9.78. The second-order valence-electron chi connectivity index (χ2n) is 6.49. The number of rotatable bonds is 5. The molecule has 2 aliphatic rings. The zero-order valence-electron chi connectivity index (χ0n) is 12.9. The minimum Gasteiger partial charge on any atom is -0.337 e. The Bertz CT molecular complexity index is 414. The Labute approximate surface area is 122 Å². The molecule has 2 bridgehead atoms. The molecule has 3 heterocycles. The molecule has 4 heteroatoms. The van der Waals surface area contributed by atoms with Crippen molar-refractivity contribution in [3.05, 3.63) is 18.2 Å². The van der Waals surface area contributed by atoms with Gasteiger partial charge in [-0.05, 0) is 38.6 Å². The van der Waals surface area contributed by atoms with Gasteiger partial charge in [0.05, 0.1) is 6.54 Å². The van der Waals surface area contributed by atoms with Crippen molar-refractivity contribution in [1.29, 1.82) is 0 Å². The first kappa shape index (κ1) is 14.1. The fraction of sp³-hybridized carbons (Fsp3) is 0.812. The minimum atomic E-state index is 0.739. The van der Waals surface area contributed by atoms with Gasteiger partial charge in [-0.1, -0.05) is 13.3 Å². The Kier molecular flexibility index (Phi) is 4.41. The van der Waals surface area contributed by atoms with Gasteiger partial charge in [0, 0.05) is 37.6 Å². The second-order valence-corrected chi connectivity index (χ2v) is 6.49. The van der Waals surface area contributed by atoms with Crippen LogP contribution in [0.3, 0.4) is 0 Å². The average Bonchev–Trinajstić information content (AvgIpc) is 2.82. The van der Waals surface area contributed by atoms with Gasteiger partial charge in [-0.2, -0.15) is 0 Å². The van der Waals surface area contributed by atoms with Gasteiger partial charge in [-0.3, -0.25) is 4.90 Å². The normalized spacial score (nSPS) is 30.6. The number of nitrogens with one attached hydrogen (secondary N) is 1. The molecule has 2 atom stereocenters. The van der Waals surface area contributed by atoms with E-state index in [1.165, 1.54) is 50.9 Å². The second kappa shape index (κ2) is 6.27. The summed E-state index contributed by atoms with van der Waals surface area (Å²) in [7, 11) is 2.10. The van der Waals surface area contributed by atoms with E-state index in [1.54, 1.807) is 0 Å². The topological polar surface area (TPSA) is 33.1 Å². The fourth-order valence-electron chi connectivity index (χ4n) is 3.96. The van der Waals surface area contributed by atoms with Crippen molar-refractivity contribution in [3.8, 4) is 0 Å². The number of aromatic nitrogens is 2. The van der Waals surface area contributed by atoms with Crippen LogP contribution in [-0.4, -0.2) is 39.1 Å². The van der Waals surface area contributed by atoms with Crippen molar-refractivity contribution in [2.24, 2.45) is 7.05 Å². The maximum atomic E-state index is 4.51. The van der Waals surface area contributed by atoms with Crippen LogP contribution in [0.25, 0.3) is 0 Å². The fourth-order valence-corrected chi connectivity index (χ4v) is 3.96. The number of hydrogen-bond donors (Lipinski definition) is 1. The van der Waals surface area contributed by atoms with Crippen LogP contribution in [0.15, 0.2) is 12.4 Å². The third-order valence-corrected chi connectivity index (χ3v) is 5.05. The molecule has 3 rings (SSSR count). The standard InChI is InChI=1S/C16H28N4/c1-3-7-17-13-10-14-5-4-6-15(11-13)20(14)12-16-18-8-9-19(16)2/h8-9,13-15,17H,3-7,10-12H2,1-2H3. The van der Waals surface area contributed by atoms with Crippen LogP contribution in [0.4, 0.5) is 0 Å². The van der Waals surface area contributed by atoms with Crippen LogP contribution in [0, 0.1) is 0 Å². The van der Waals surface area contributed by atoms with E-state index in [2.05, 4.69) is 39.9 Å². The highest BCUT2D eigenvalue weighted by Gasteiger charge is 2.38. The van der Waals surface area contributed by atoms with Gasteiger partial charge in [0.25, 0.3) is 0 Å². The van der Waals surface area contributed by atoms with Gasteiger partial charge < -0.3 is 9.88 Å². The average molecular weight is 276 g/mol. The molecule has 0 amide bonds. The summed E-state index contributed by atoms with van der Waals surface area (Å²) in [5.41, 5.74) is 0. The molecule has 20 heavy (non-hydrogen) atoms. The van der Waals surface area contributed by atoms with Crippen molar-refractivity contribution in [2.75, 3.05) is 6.54 Å². The SMILES string of the molecule is CCCNC1CC2CCCC(C1)N2Cc1nccn1C. The van der Waals surface area contributed by atoms with Crippen LogP contribution in [0.5, 0.6) is 0 Å². The molecule has 1 aromatic heterocycles. The van der Waals surface area contributed by atoms with Crippen LogP contribution in [-0.2, 0) is 13.6 Å². The summed E-state index contributed by atoms with van der Waals surface area (Å²) < 4.78 is 2.16. The molecule has 0 spiro atoms. The van der Waals surface area contributed by atoms with Crippen LogP contribution < -0.4 is 5.32 Å². The smallest absolute Gasteiger partial charge is 0.122 e. The van der Waals surface area contributed by atoms with E-state index >= 15 is 0 Å². The Hall–Kier alpha value is -0.870. The van der Waals surface area contributed by atoms with E-state index < -0.39 is 0 Å². The van der Waals surface area contributed by atoms with Crippen LogP contribution in [0.2, 0.25) is 0 Å². The lowest BCUT2D eigenvalue weighted by atomic mass is 9.81. The highest BCUT2D eigenvalue weighted by atomic mass is 15.2. The molecule has 0 saturated carbocycles.